The lowest BCUT2D eigenvalue weighted by atomic mass is 9.90. The smallest absolute Gasteiger partial charge is 0.410 e. The second-order valence-electron chi connectivity index (χ2n) is 9.61. The van der Waals surface area contributed by atoms with Crippen molar-refractivity contribution in [3.8, 4) is 0 Å². The summed E-state index contributed by atoms with van der Waals surface area (Å²) in [5, 5.41) is 0. The number of carbonyl (C=O) groups is 1. The van der Waals surface area contributed by atoms with Crippen molar-refractivity contribution in [1.82, 2.24) is 9.80 Å². The molecule has 0 unspecified atom stereocenters. The number of likely N-dealkylation sites (tertiary alicyclic amines) is 1. The van der Waals surface area contributed by atoms with Gasteiger partial charge in [0.05, 0.1) is 12.6 Å². The Morgan fingerprint density at radius 3 is 2.59 bits per heavy atom. The van der Waals surface area contributed by atoms with Crippen LogP contribution in [0.2, 0.25) is 0 Å². The van der Waals surface area contributed by atoms with Crippen molar-refractivity contribution < 1.29 is 9.53 Å². The van der Waals surface area contributed by atoms with Gasteiger partial charge in [-0.05, 0) is 67.8 Å². The van der Waals surface area contributed by atoms with Gasteiger partial charge < -0.3 is 19.4 Å². The molecule has 1 aromatic rings. The molecule has 29 heavy (non-hydrogen) atoms. The third-order valence-electron chi connectivity index (χ3n) is 7.74. The van der Waals surface area contributed by atoms with Crippen LogP contribution >= 0.6 is 0 Å². The number of piperidine rings is 1. The van der Waals surface area contributed by atoms with Gasteiger partial charge >= 0.3 is 6.09 Å². The highest BCUT2D eigenvalue weighted by molar-refractivity contribution is 5.70. The summed E-state index contributed by atoms with van der Waals surface area (Å²) < 4.78 is 5.82. The average molecular weight is 398 g/mol. The highest BCUT2D eigenvalue weighted by Crippen LogP contribution is 2.50. The third kappa shape index (κ3) is 3.86. The Morgan fingerprint density at radius 1 is 1.00 bits per heavy atom. The molecule has 0 N–H and O–H groups in total. The normalized spacial score (nSPS) is 27.8. The van der Waals surface area contributed by atoms with E-state index in [-0.39, 0.29) is 12.1 Å². The summed E-state index contributed by atoms with van der Waals surface area (Å²) in [7, 11) is 2.19. The molecule has 2 saturated heterocycles. The maximum absolute atomic E-state index is 12.9. The van der Waals surface area contributed by atoms with E-state index >= 15 is 0 Å². The summed E-state index contributed by atoms with van der Waals surface area (Å²) in [5.41, 5.74) is 4.16. The van der Waals surface area contributed by atoms with E-state index in [0.717, 1.165) is 45.6 Å². The number of likely N-dealkylation sites (N-methyl/N-ethyl adjacent to an activating group) is 1. The van der Waals surface area contributed by atoms with Crippen molar-refractivity contribution in [3.63, 3.8) is 0 Å². The highest BCUT2D eigenvalue weighted by Gasteiger charge is 2.41. The van der Waals surface area contributed by atoms with Gasteiger partial charge in [0, 0.05) is 38.4 Å². The number of ether oxygens (including phenoxy) is 1. The lowest BCUT2D eigenvalue weighted by Crippen LogP contribution is -2.44. The van der Waals surface area contributed by atoms with Crippen LogP contribution in [-0.2, 0) is 4.74 Å². The summed E-state index contributed by atoms with van der Waals surface area (Å²) in [4.78, 5) is 19.9. The van der Waals surface area contributed by atoms with E-state index in [9.17, 15) is 4.79 Å². The van der Waals surface area contributed by atoms with Crippen LogP contribution < -0.4 is 4.90 Å². The molecular weight excluding hydrogens is 362 g/mol. The Labute approximate surface area is 175 Å². The van der Waals surface area contributed by atoms with Crippen LogP contribution in [0.4, 0.5) is 10.5 Å². The first-order valence-electron chi connectivity index (χ1n) is 11.7. The molecule has 5 heteroatoms. The summed E-state index contributed by atoms with van der Waals surface area (Å²) >= 11 is 0. The molecule has 5 nitrogen and oxygen atoms in total. The van der Waals surface area contributed by atoms with Crippen LogP contribution in [0, 0.1) is 5.92 Å². The fourth-order valence-electron chi connectivity index (χ4n) is 5.87. The van der Waals surface area contributed by atoms with Crippen LogP contribution in [-0.4, -0.2) is 62.3 Å². The van der Waals surface area contributed by atoms with Crippen molar-refractivity contribution in [3.05, 3.63) is 29.3 Å². The van der Waals surface area contributed by atoms with Crippen molar-refractivity contribution in [1.29, 1.82) is 0 Å². The number of piperazine rings is 1. The molecule has 2 aliphatic carbocycles. The van der Waals surface area contributed by atoms with Gasteiger partial charge in [0.1, 0.15) is 0 Å². The fourth-order valence-corrected chi connectivity index (χ4v) is 5.87. The van der Waals surface area contributed by atoms with Gasteiger partial charge in [-0.2, -0.15) is 0 Å². The number of hydrogen-bond acceptors (Lipinski definition) is 4. The lowest BCUT2D eigenvalue weighted by Gasteiger charge is -2.35. The minimum absolute atomic E-state index is 0.0862. The molecule has 5 rings (SSSR count). The number of anilines is 1. The molecule has 2 aliphatic heterocycles. The van der Waals surface area contributed by atoms with Gasteiger partial charge in [0.2, 0.25) is 0 Å². The molecule has 158 valence electrons. The molecule has 1 saturated carbocycles. The summed E-state index contributed by atoms with van der Waals surface area (Å²) in [5.74, 6) is 1.18. The third-order valence-corrected chi connectivity index (χ3v) is 7.74. The van der Waals surface area contributed by atoms with Crippen molar-refractivity contribution >= 4 is 11.8 Å². The first-order valence-corrected chi connectivity index (χ1v) is 11.7. The van der Waals surface area contributed by atoms with Crippen molar-refractivity contribution in [2.45, 2.75) is 56.9 Å². The van der Waals surface area contributed by atoms with Crippen LogP contribution in [0.3, 0.4) is 0 Å². The van der Waals surface area contributed by atoms with Gasteiger partial charge in [-0.15, -0.1) is 0 Å². The molecule has 2 bridgehead atoms. The Bertz CT molecular complexity index is 738. The second kappa shape index (κ2) is 8.17. The van der Waals surface area contributed by atoms with E-state index in [0.29, 0.717) is 18.4 Å². The molecular formula is C24H35N3O2. The fraction of sp³-hybridized carbons (Fsp3) is 0.708. The molecule has 2 heterocycles. The van der Waals surface area contributed by atoms with Crippen molar-refractivity contribution in [2.75, 3.05) is 51.3 Å². The Balaban J connectivity index is 1.28. The van der Waals surface area contributed by atoms with Gasteiger partial charge in [-0.1, -0.05) is 25.3 Å². The van der Waals surface area contributed by atoms with Crippen LogP contribution in [0.15, 0.2) is 18.2 Å². The van der Waals surface area contributed by atoms with Crippen molar-refractivity contribution in [2.24, 2.45) is 5.92 Å². The van der Waals surface area contributed by atoms with Gasteiger partial charge in [0.15, 0.2) is 0 Å². The molecule has 0 spiro atoms. The minimum Gasteiger partial charge on any atom is -0.449 e. The number of rotatable bonds is 3. The molecule has 2 atom stereocenters. The number of amides is 1. The number of carbonyl (C=O) groups excluding carboxylic acids is 1. The SMILES string of the molecule is CN1CCN(c2ccc3c(c2)[C@H]2C[C@H]3CCN2C(=O)OCC2CCCCC2)CC1. The van der Waals surface area contributed by atoms with Gasteiger partial charge in [-0.3, -0.25) is 0 Å². The lowest BCUT2D eigenvalue weighted by molar-refractivity contribution is 0.0582. The first-order chi connectivity index (χ1) is 14.2. The predicted molar refractivity (Wildman–Crippen MR) is 115 cm³/mol. The Hall–Kier alpha value is -1.75. The highest BCUT2D eigenvalue weighted by atomic mass is 16.6. The Kier molecular flexibility index (Phi) is 5.42. The molecule has 1 aromatic carbocycles. The molecule has 3 fully saturated rings. The molecule has 1 amide bonds. The predicted octanol–water partition coefficient (Wildman–Crippen LogP) is 4.39. The quantitative estimate of drug-likeness (QED) is 0.758. The zero-order valence-electron chi connectivity index (χ0n) is 17.8. The number of hydrogen-bond donors (Lipinski definition) is 0. The van der Waals surface area contributed by atoms with E-state index in [4.69, 9.17) is 4.74 Å². The zero-order valence-corrected chi connectivity index (χ0v) is 17.8. The topological polar surface area (TPSA) is 36.0 Å². The van der Waals surface area contributed by atoms with Crippen LogP contribution in [0.25, 0.3) is 0 Å². The van der Waals surface area contributed by atoms with Gasteiger partial charge in [0.25, 0.3) is 0 Å². The van der Waals surface area contributed by atoms with Gasteiger partial charge in [-0.25, -0.2) is 4.79 Å². The average Bonchev–Trinajstić information content (AvgIpc) is 3.05. The van der Waals surface area contributed by atoms with Crippen LogP contribution in [0.5, 0.6) is 0 Å². The molecule has 0 aromatic heterocycles. The maximum Gasteiger partial charge on any atom is 0.410 e. The number of nitrogens with zero attached hydrogens (tertiary/aromatic N) is 3. The second-order valence-corrected chi connectivity index (χ2v) is 9.61. The largest absolute Gasteiger partial charge is 0.449 e. The Morgan fingerprint density at radius 2 is 1.79 bits per heavy atom. The summed E-state index contributed by atoms with van der Waals surface area (Å²) in [6.45, 7) is 5.83. The standard InChI is InChI=1S/C24H35N3O2/c1-25-11-13-26(14-12-25)20-7-8-21-19-9-10-27(23(15-19)22(21)16-20)24(28)29-17-18-5-3-2-4-6-18/h7-8,16,18-19,23H,2-6,9-15,17H2,1H3/t19-,23-/m1/s1. The minimum atomic E-state index is -0.0862. The van der Waals surface area contributed by atoms with Crippen LogP contribution in [0.1, 0.15) is 68.0 Å². The van der Waals surface area contributed by atoms with E-state index < -0.39 is 0 Å². The van der Waals surface area contributed by atoms with E-state index in [2.05, 4.69) is 35.0 Å². The zero-order chi connectivity index (χ0) is 19.8. The maximum atomic E-state index is 12.9. The first kappa shape index (κ1) is 19.2. The number of benzene rings is 1. The van der Waals surface area contributed by atoms with E-state index in [1.807, 2.05) is 4.90 Å². The molecule has 0 radical (unpaired) electrons. The van der Waals surface area contributed by atoms with E-state index in [1.165, 1.54) is 48.9 Å². The molecule has 4 aliphatic rings. The van der Waals surface area contributed by atoms with E-state index in [1.54, 1.807) is 0 Å². The number of fused-ring (bicyclic) bond motifs is 5. The summed E-state index contributed by atoms with van der Waals surface area (Å²) in [6, 6.07) is 7.22. The monoisotopic (exact) mass is 397 g/mol. The summed E-state index contributed by atoms with van der Waals surface area (Å²) in [6.07, 6.45) is 8.41.